The molecule has 0 bridgehead atoms. The molecule has 28 heavy (non-hydrogen) atoms. The highest BCUT2D eigenvalue weighted by Crippen LogP contribution is 2.12. The number of anilines is 1. The van der Waals surface area contributed by atoms with Crippen LogP contribution < -0.4 is 15.4 Å². The maximum absolute atomic E-state index is 13.6. The molecule has 0 fully saturated rings. The Hall–Kier alpha value is -3.41. The zero-order chi connectivity index (χ0) is 19.8. The van der Waals surface area contributed by atoms with E-state index in [2.05, 4.69) is 15.6 Å². The lowest BCUT2D eigenvalue weighted by Gasteiger charge is -2.08. The van der Waals surface area contributed by atoms with Gasteiger partial charge in [-0.1, -0.05) is 30.3 Å². The molecule has 2 N–H and O–H groups in total. The SMILES string of the molecule is COc1ccc(CCNc2ccc(C(=O)NCc3ccccc3F)nc2)cc1. The molecule has 1 aromatic heterocycles. The van der Waals surface area contributed by atoms with Gasteiger partial charge in [-0.2, -0.15) is 0 Å². The summed E-state index contributed by atoms with van der Waals surface area (Å²) in [5.41, 5.74) is 2.76. The molecule has 144 valence electrons. The second kappa shape index (κ2) is 9.50. The second-order valence-corrected chi connectivity index (χ2v) is 6.23. The van der Waals surface area contributed by atoms with Crippen LogP contribution in [0.5, 0.6) is 5.75 Å². The van der Waals surface area contributed by atoms with E-state index in [-0.39, 0.29) is 24.0 Å². The van der Waals surface area contributed by atoms with Crippen molar-refractivity contribution in [2.24, 2.45) is 0 Å². The maximum atomic E-state index is 13.6. The van der Waals surface area contributed by atoms with Crippen molar-refractivity contribution in [1.82, 2.24) is 10.3 Å². The van der Waals surface area contributed by atoms with Crippen molar-refractivity contribution in [3.8, 4) is 5.75 Å². The third-order valence-corrected chi connectivity index (χ3v) is 4.30. The first-order chi connectivity index (χ1) is 13.7. The predicted molar refractivity (Wildman–Crippen MR) is 107 cm³/mol. The normalized spacial score (nSPS) is 10.4. The minimum Gasteiger partial charge on any atom is -0.497 e. The molecule has 2 aromatic carbocycles. The lowest BCUT2D eigenvalue weighted by molar-refractivity contribution is 0.0945. The maximum Gasteiger partial charge on any atom is 0.270 e. The van der Waals surface area contributed by atoms with E-state index in [0.717, 1.165) is 24.4 Å². The first kappa shape index (κ1) is 19.4. The van der Waals surface area contributed by atoms with E-state index in [1.807, 2.05) is 24.3 Å². The van der Waals surface area contributed by atoms with Crippen LogP contribution in [-0.2, 0) is 13.0 Å². The Kier molecular flexibility index (Phi) is 6.57. The summed E-state index contributed by atoms with van der Waals surface area (Å²) in [6.45, 7) is 0.863. The van der Waals surface area contributed by atoms with Crippen LogP contribution in [0, 0.1) is 5.82 Å². The summed E-state index contributed by atoms with van der Waals surface area (Å²) in [4.78, 5) is 16.3. The number of nitrogens with one attached hydrogen (secondary N) is 2. The molecular formula is C22H22FN3O2. The van der Waals surface area contributed by atoms with Gasteiger partial charge in [-0.25, -0.2) is 9.37 Å². The van der Waals surface area contributed by atoms with Crippen LogP contribution in [-0.4, -0.2) is 24.5 Å². The smallest absolute Gasteiger partial charge is 0.270 e. The number of pyridine rings is 1. The molecular weight excluding hydrogens is 357 g/mol. The van der Waals surface area contributed by atoms with Crippen molar-refractivity contribution < 1.29 is 13.9 Å². The third-order valence-electron chi connectivity index (χ3n) is 4.30. The number of hydrogen-bond donors (Lipinski definition) is 2. The van der Waals surface area contributed by atoms with Gasteiger partial charge in [0.2, 0.25) is 0 Å². The van der Waals surface area contributed by atoms with Crippen LogP contribution in [0.25, 0.3) is 0 Å². The zero-order valence-corrected chi connectivity index (χ0v) is 15.6. The summed E-state index contributed by atoms with van der Waals surface area (Å²) < 4.78 is 18.7. The van der Waals surface area contributed by atoms with Gasteiger partial charge in [-0.05, 0) is 42.3 Å². The van der Waals surface area contributed by atoms with Gasteiger partial charge in [0.1, 0.15) is 17.3 Å². The predicted octanol–water partition coefficient (Wildman–Crippen LogP) is 3.81. The number of hydrogen-bond acceptors (Lipinski definition) is 4. The van der Waals surface area contributed by atoms with Gasteiger partial charge < -0.3 is 15.4 Å². The van der Waals surface area contributed by atoms with E-state index in [0.29, 0.717) is 5.56 Å². The van der Waals surface area contributed by atoms with Crippen LogP contribution in [0.4, 0.5) is 10.1 Å². The van der Waals surface area contributed by atoms with Crippen LogP contribution in [0.15, 0.2) is 66.9 Å². The molecule has 0 aliphatic rings. The monoisotopic (exact) mass is 379 g/mol. The quantitative estimate of drug-likeness (QED) is 0.625. The minimum atomic E-state index is -0.341. The Bertz CT molecular complexity index is 912. The molecule has 0 atom stereocenters. The molecule has 0 spiro atoms. The number of halogens is 1. The summed E-state index contributed by atoms with van der Waals surface area (Å²) in [6, 6.07) is 17.7. The molecule has 6 heteroatoms. The highest BCUT2D eigenvalue weighted by atomic mass is 19.1. The summed E-state index contributed by atoms with van der Waals surface area (Å²) in [5.74, 6) is 0.157. The second-order valence-electron chi connectivity index (χ2n) is 6.23. The van der Waals surface area contributed by atoms with Crippen LogP contribution in [0.1, 0.15) is 21.6 Å². The Morgan fingerprint density at radius 2 is 1.86 bits per heavy atom. The van der Waals surface area contributed by atoms with Gasteiger partial charge in [-0.3, -0.25) is 4.79 Å². The van der Waals surface area contributed by atoms with Crippen molar-refractivity contribution in [3.63, 3.8) is 0 Å². The zero-order valence-electron chi connectivity index (χ0n) is 15.6. The molecule has 3 aromatic rings. The molecule has 5 nitrogen and oxygen atoms in total. The average molecular weight is 379 g/mol. The van der Waals surface area contributed by atoms with Crippen molar-refractivity contribution in [3.05, 3.63) is 89.5 Å². The fourth-order valence-corrected chi connectivity index (χ4v) is 2.68. The number of amides is 1. The van der Waals surface area contributed by atoms with E-state index in [1.165, 1.54) is 11.6 Å². The van der Waals surface area contributed by atoms with Gasteiger partial charge in [-0.15, -0.1) is 0 Å². The molecule has 1 heterocycles. The number of methoxy groups -OCH3 is 1. The third kappa shape index (κ3) is 5.30. The van der Waals surface area contributed by atoms with Crippen molar-refractivity contribution in [2.45, 2.75) is 13.0 Å². The number of ether oxygens (including phenoxy) is 1. The van der Waals surface area contributed by atoms with Gasteiger partial charge in [0, 0.05) is 18.7 Å². The number of carbonyl (C=O) groups excluding carboxylic acids is 1. The molecule has 0 unspecified atom stereocenters. The molecule has 0 aliphatic heterocycles. The summed E-state index contributed by atoms with van der Waals surface area (Å²) in [7, 11) is 1.65. The first-order valence-electron chi connectivity index (χ1n) is 9.00. The topological polar surface area (TPSA) is 63.2 Å². The number of aromatic nitrogens is 1. The fourth-order valence-electron chi connectivity index (χ4n) is 2.68. The van der Waals surface area contributed by atoms with Gasteiger partial charge in [0.25, 0.3) is 5.91 Å². The standard InChI is InChI=1S/C22H22FN3O2/c1-28-19-9-6-16(7-10-19)12-13-24-18-8-11-21(25-15-18)22(27)26-14-17-4-2-3-5-20(17)23/h2-11,15,24H,12-14H2,1H3,(H,26,27). The van der Waals surface area contributed by atoms with E-state index < -0.39 is 0 Å². The Labute approximate surface area is 163 Å². The molecule has 0 saturated carbocycles. The molecule has 0 saturated heterocycles. The fraction of sp³-hybridized carbons (Fsp3) is 0.182. The largest absolute Gasteiger partial charge is 0.497 e. The molecule has 3 rings (SSSR count). The van der Waals surface area contributed by atoms with Crippen LogP contribution in [0.2, 0.25) is 0 Å². The highest BCUT2D eigenvalue weighted by Gasteiger charge is 2.08. The van der Waals surface area contributed by atoms with E-state index >= 15 is 0 Å². The lowest BCUT2D eigenvalue weighted by Crippen LogP contribution is -2.24. The Morgan fingerprint density at radius 3 is 2.54 bits per heavy atom. The number of nitrogens with zero attached hydrogens (tertiary/aromatic N) is 1. The first-order valence-corrected chi connectivity index (χ1v) is 9.00. The van der Waals surface area contributed by atoms with E-state index in [1.54, 1.807) is 43.6 Å². The molecule has 1 amide bonds. The van der Waals surface area contributed by atoms with E-state index in [4.69, 9.17) is 4.74 Å². The summed E-state index contributed by atoms with van der Waals surface area (Å²) >= 11 is 0. The van der Waals surface area contributed by atoms with E-state index in [9.17, 15) is 9.18 Å². The van der Waals surface area contributed by atoms with Gasteiger partial charge >= 0.3 is 0 Å². The van der Waals surface area contributed by atoms with Crippen LogP contribution in [0.3, 0.4) is 0 Å². The van der Waals surface area contributed by atoms with Gasteiger partial charge in [0.15, 0.2) is 0 Å². The van der Waals surface area contributed by atoms with Crippen LogP contribution >= 0.6 is 0 Å². The van der Waals surface area contributed by atoms with Crippen molar-refractivity contribution in [2.75, 3.05) is 19.0 Å². The average Bonchev–Trinajstić information content (AvgIpc) is 2.74. The van der Waals surface area contributed by atoms with Gasteiger partial charge in [0.05, 0.1) is 19.0 Å². The Balaban J connectivity index is 1.47. The number of rotatable bonds is 8. The number of carbonyl (C=O) groups is 1. The van der Waals surface area contributed by atoms with Crippen molar-refractivity contribution >= 4 is 11.6 Å². The highest BCUT2D eigenvalue weighted by molar-refractivity contribution is 5.92. The van der Waals surface area contributed by atoms with Crippen molar-refractivity contribution in [1.29, 1.82) is 0 Å². The summed E-state index contributed by atoms with van der Waals surface area (Å²) in [5, 5.41) is 5.96. The molecule has 0 aliphatic carbocycles. The lowest BCUT2D eigenvalue weighted by atomic mass is 10.1. The molecule has 0 radical (unpaired) electrons. The minimum absolute atomic E-state index is 0.120. The summed E-state index contributed by atoms with van der Waals surface area (Å²) in [6.07, 6.45) is 2.47. The Morgan fingerprint density at radius 1 is 1.07 bits per heavy atom. The number of benzene rings is 2.